The molecule has 0 bridgehead atoms. The Kier molecular flexibility index (Phi) is 9.08. The van der Waals surface area contributed by atoms with Crippen LogP contribution in [0.1, 0.15) is 39.7 Å². The van der Waals surface area contributed by atoms with Crippen LogP contribution in [0, 0.1) is 5.92 Å². The Morgan fingerprint density at radius 1 is 1.33 bits per heavy atom. The van der Waals surface area contributed by atoms with Gasteiger partial charge in [-0.1, -0.05) is 33.8 Å². The van der Waals surface area contributed by atoms with Crippen LogP contribution in [-0.4, -0.2) is 11.5 Å². The van der Waals surface area contributed by atoms with Gasteiger partial charge in [-0.15, -0.1) is 0 Å². The lowest BCUT2D eigenvalue weighted by Gasteiger charge is -2.06. The Labute approximate surface area is 94.1 Å². The molecule has 1 aromatic rings. The van der Waals surface area contributed by atoms with E-state index in [1.807, 2.05) is 26.1 Å². The van der Waals surface area contributed by atoms with Crippen molar-refractivity contribution in [3.8, 4) is 0 Å². The average Bonchev–Trinajstić information content (AvgIpc) is 2.28. The number of aromatic nitrogens is 1. The maximum absolute atomic E-state index is 4.06. The molecule has 0 unspecified atom stereocenters. The van der Waals surface area contributed by atoms with Crippen molar-refractivity contribution in [1.29, 1.82) is 0 Å². The van der Waals surface area contributed by atoms with Crippen LogP contribution < -0.4 is 5.32 Å². The minimum atomic E-state index is 0.779. The van der Waals surface area contributed by atoms with E-state index in [0.717, 1.165) is 19.0 Å². The van der Waals surface area contributed by atoms with Crippen molar-refractivity contribution in [2.24, 2.45) is 5.92 Å². The van der Waals surface area contributed by atoms with E-state index in [9.17, 15) is 0 Å². The first-order chi connectivity index (χ1) is 7.29. The molecule has 86 valence electrons. The van der Waals surface area contributed by atoms with Crippen LogP contribution in [-0.2, 0) is 6.54 Å². The summed E-state index contributed by atoms with van der Waals surface area (Å²) in [7, 11) is 0. The van der Waals surface area contributed by atoms with Crippen LogP contribution in [0.5, 0.6) is 0 Å². The van der Waals surface area contributed by atoms with E-state index in [2.05, 4.69) is 30.2 Å². The smallest absolute Gasteiger partial charge is 0.0312 e. The molecule has 1 N–H and O–H groups in total. The second-order valence-corrected chi connectivity index (χ2v) is 3.72. The summed E-state index contributed by atoms with van der Waals surface area (Å²) in [6.07, 6.45) is 4.94. The minimum Gasteiger partial charge on any atom is -0.313 e. The van der Waals surface area contributed by atoms with Crippen LogP contribution in [0.2, 0.25) is 0 Å². The molecule has 0 aliphatic rings. The molecule has 2 heteroatoms. The lowest BCUT2D eigenvalue weighted by molar-refractivity contribution is 0.537. The zero-order valence-corrected chi connectivity index (χ0v) is 10.5. The number of hydrogen-bond donors (Lipinski definition) is 1. The van der Waals surface area contributed by atoms with Gasteiger partial charge in [0.15, 0.2) is 0 Å². The summed E-state index contributed by atoms with van der Waals surface area (Å²) < 4.78 is 0. The highest BCUT2D eigenvalue weighted by molar-refractivity contribution is 5.07. The fraction of sp³-hybridized carbons (Fsp3) is 0.615. The molecule has 15 heavy (non-hydrogen) atoms. The number of pyridine rings is 1. The Morgan fingerprint density at radius 3 is 2.60 bits per heavy atom. The normalized spacial score (nSPS) is 9.67. The van der Waals surface area contributed by atoms with Crippen molar-refractivity contribution < 1.29 is 0 Å². The molecular formula is C13H24N2. The molecule has 0 aliphatic heterocycles. The lowest BCUT2D eigenvalue weighted by Crippen LogP contribution is -2.16. The Bertz CT molecular complexity index is 219. The quantitative estimate of drug-likeness (QED) is 0.751. The van der Waals surface area contributed by atoms with Gasteiger partial charge in [-0.2, -0.15) is 0 Å². The van der Waals surface area contributed by atoms with Gasteiger partial charge < -0.3 is 5.32 Å². The summed E-state index contributed by atoms with van der Waals surface area (Å²) in [4.78, 5) is 4.06. The first-order valence-electron chi connectivity index (χ1n) is 5.88. The molecule has 0 amide bonds. The van der Waals surface area contributed by atoms with E-state index in [1.54, 1.807) is 6.20 Å². The van der Waals surface area contributed by atoms with Gasteiger partial charge in [0.25, 0.3) is 0 Å². The third-order valence-corrected chi connectivity index (χ3v) is 1.95. The zero-order chi connectivity index (χ0) is 11.5. The van der Waals surface area contributed by atoms with Crippen molar-refractivity contribution in [1.82, 2.24) is 10.3 Å². The maximum Gasteiger partial charge on any atom is 0.0312 e. The van der Waals surface area contributed by atoms with Gasteiger partial charge in [-0.3, -0.25) is 4.98 Å². The second-order valence-electron chi connectivity index (χ2n) is 3.72. The Hall–Kier alpha value is -0.890. The molecule has 0 radical (unpaired) electrons. The zero-order valence-electron chi connectivity index (χ0n) is 10.5. The predicted molar refractivity (Wildman–Crippen MR) is 66.7 cm³/mol. The van der Waals surface area contributed by atoms with Gasteiger partial charge >= 0.3 is 0 Å². The van der Waals surface area contributed by atoms with Crippen LogP contribution in [0.15, 0.2) is 24.5 Å². The Morgan fingerprint density at radius 2 is 2.07 bits per heavy atom. The molecule has 0 saturated carbocycles. The fourth-order valence-corrected chi connectivity index (χ4v) is 1.13. The molecular weight excluding hydrogens is 184 g/mol. The third-order valence-electron chi connectivity index (χ3n) is 1.95. The van der Waals surface area contributed by atoms with E-state index in [4.69, 9.17) is 0 Å². The molecule has 0 aromatic carbocycles. The first kappa shape index (κ1) is 14.1. The molecule has 0 aliphatic carbocycles. The van der Waals surface area contributed by atoms with Crippen molar-refractivity contribution >= 4 is 0 Å². The molecule has 0 fully saturated rings. The minimum absolute atomic E-state index is 0.779. The second kappa shape index (κ2) is 9.66. The highest BCUT2D eigenvalue weighted by atomic mass is 14.8. The van der Waals surface area contributed by atoms with Gasteiger partial charge in [0, 0.05) is 18.9 Å². The van der Waals surface area contributed by atoms with Crippen molar-refractivity contribution in [3.05, 3.63) is 30.1 Å². The van der Waals surface area contributed by atoms with Gasteiger partial charge in [0.2, 0.25) is 0 Å². The number of hydrogen-bond acceptors (Lipinski definition) is 2. The first-order valence-corrected chi connectivity index (χ1v) is 5.88. The van der Waals surface area contributed by atoms with Gasteiger partial charge in [-0.05, 0) is 30.5 Å². The number of rotatable bonds is 5. The predicted octanol–water partition coefficient (Wildman–Crippen LogP) is 3.24. The molecule has 2 nitrogen and oxygen atoms in total. The van der Waals surface area contributed by atoms with E-state index < -0.39 is 0 Å². The van der Waals surface area contributed by atoms with Crippen molar-refractivity contribution in [2.45, 2.75) is 40.7 Å². The summed E-state index contributed by atoms with van der Waals surface area (Å²) in [5, 5.41) is 3.39. The molecule has 0 spiro atoms. The van der Waals surface area contributed by atoms with Crippen molar-refractivity contribution in [3.63, 3.8) is 0 Å². The highest BCUT2D eigenvalue weighted by Crippen LogP contribution is 1.98. The van der Waals surface area contributed by atoms with E-state index in [1.165, 1.54) is 12.0 Å². The van der Waals surface area contributed by atoms with Crippen LogP contribution in [0.3, 0.4) is 0 Å². The molecule has 0 atom stereocenters. The average molecular weight is 208 g/mol. The number of nitrogens with zero attached hydrogens (tertiary/aromatic N) is 1. The monoisotopic (exact) mass is 208 g/mol. The lowest BCUT2D eigenvalue weighted by atomic mass is 10.1. The van der Waals surface area contributed by atoms with Crippen LogP contribution in [0.4, 0.5) is 0 Å². The fourth-order valence-electron chi connectivity index (χ4n) is 1.13. The summed E-state index contributed by atoms with van der Waals surface area (Å²) in [6.45, 7) is 10.5. The standard InChI is InChI=1S/C11H18N2.C2H6/c1-10(2)5-7-13-9-11-4-3-6-12-8-11;1-2/h3-4,6,8,10,13H,5,7,9H2,1-2H3;1-2H3. The maximum atomic E-state index is 4.06. The van der Waals surface area contributed by atoms with Gasteiger partial charge in [-0.25, -0.2) is 0 Å². The summed E-state index contributed by atoms with van der Waals surface area (Å²) in [5.41, 5.74) is 1.26. The van der Waals surface area contributed by atoms with E-state index in [0.29, 0.717) is 0 Å². The number of nitrogens with one attached hydrogen (secondary N) is 1. The van der Waals surface area contributed by atoms with Crippen molar-refractivity contribution in [2.75, 3.05) is 6.54 Å². The highest BCUT2D eigenvalue weighted by Gasteiger charge is 1.94. The summed E-state index contributed by atoms with van der Waals surface area (Å²) >= 11 is 0. The SMILES string of the molecule is CC.CC(C)CCNCc1cccnc1. The third kappa shape index (κ3) is 8.13. The molecule has 0 saturated heterocycles. The van der Waals surface area contributed by atoms with Crippen LogP contribution >= 0.6 is 0 Å². The van der Waals surface area contributed by atoms with E-state index in [-0.39, 0.29) is 0 Å². The van der Waals surface area contributed by atoms with Crippen LogP contribution in [0.25, 0.3) is 0 Å². The summed E-state index contributed by atoms with van der Waals surface area (Å²) in [6, 6.07) is 4.06. The molecule has 1 heterocycles. The Balaban J connectivity index is 0.000000921. The largest absolute Gasteiger partial charge is 0.313 e. The van der Waals surface area contributed by atoms with E-state index >= 15 is 0 Å². The molecule has 1 rings (SSSR count). The van der Waals surface area contributed by atoms with Gasteiger partial charge in [0.05, 0.1) is 0 Å². The van der Waals surface area contributed by atoms with Gasteiger partial charge in [0.1, 0.15) is 0 Å². The topological polar surface area (TPSA) is 24.9 Å². The molecule has 1 aromatic heterocycles. The summed E-state index contributed by atoms with van der Waals surface area (Å²) in [5.74, 6) is 0.779.